The minimum atomic E-state index is 1.17. The molecule has 0 unspecified atom stereocenters. The van der Waals surface area contributed by atoms with Crippen LogP contribution >= 0.6 is 0 Å². The number of benzene rings is 9. The van der Waals surface area contributed by atoms with Crippen LogP contribution in [0.5, 0.6) is 0 Å². The Bertz CT molecular complexity index is 3280. The average molecular weight is 659 g/mol. The second-order valence-electron chi connectivity index (χ2n) is 14.1. The first-order chi connectivity index (χ1) is 25.8. The van der Waals surface area contributed by atoms with Gasteiger partial charge in [0, 0.05) is 38.3 Å². The van der Waals surface area contributed by atoms with Gasteiger partial charge in [-0.3, -0.25) is 0 Å². The molecule has 0 bridgehead atoms. The molecule has 0 N–H and O–H groups in total. The maximum Gasteiger partial charge on any atom is 0.0619 e. The number of aromatic nitrogens is 2. The molecule has 0 radical (unpaired) electrons. The summed E-state index contributed by atoms with van der Waals surface area (Å²) in [6.07, 6.45) is 0. The lowest BCUT2D eigenvalue weighted by atomic mass is 10.0. The third-order valence-corrected chi connectivity index (χ3v) is 11.4. The molecule has 2 heterocycles. The van der Waals surface area contributed by atoms with Crippen LogP contribution in [-0.4, -0.2) is 9.13 Å². The lowest BCUT2D eigenvalue weighted by Crippen LogP contribution is -1.95. The largest absolute Gasteiger partial charge is 0.309 e. The van der Waals surface area contributed by atoms with Crippen LogP contribution < -0.4 is 0 Å². The van der Waals surface area contributed by atoms with Crippen molar-refractivity contribution in [2.75, 3.05) is 0 Å². The second kappa shape index (κ2) is 10.3. The summed E-state index contributed by atoms with van der Waals surface area (Å²) in [5, 5.41) is 10.2. The summed E-state index contributed by atoms with van der Waals surface area (Å²) in [7, 11) is 0. The summed E-state index contributed by atoms with van der Waals surface area (Å²) in [5.41, 5.74) is 14.9. The first-order valence-electron chi connectivity index (χ1n) is 18.0. The topological polar surface area (TPSA) is 9.86 Å². The zero-order chi connectivity index (χ0) is 33.9. The Hall–Kier alpha value is -6.90. The van der Waals surface area contributed by atoms with Crippen molar-refractivity contribution < 1.29 is 0 Å². The van der Waals surface area contributed by atoms with Crippen LogP contribution in [0.25, 0.3) is 110 Å². The fraction of sp³-hybridized carbons (Fsp3) is 0. The van der Waals surface area contributed by atoms with Gasteiger partial charge in [0.25, 0.3) is 0 Å². The minimum Gasteiger partial charge on any atom is -0.309 e. The van der Waals surface area contributed by atoms with Crippen LogP contribution in [0.3, 0.4) is 0 Å². The lowest BCUT2D eigenvalue weighted by Gasteiger charge is -2.13. The van der Waals surface area contributed by atoms with Crippen LogP contribution in [0.4, 0.5) is 0 Å². The van der Waals surface area contributed by atoms with Gasteiger partial charge in [-0.15, -0.1) is 0 Å². The minimum absolute atomic E-state index is 1.17. The highest BCUT2D eigenvalue weighted by Crippen LogP contribution is 2.48. The quantitative estimate of drug-likeness (QED) is 0.179. The third-order valence-electron chi connectivity index (χ3n) is 11.4. The zero-order valence-corrected chi connectivity index (χ0v) is 28.2. The van der Waals surface area contributed by atoms with E-state index >= 15 is 0 Å². The van der Waals surface area contributed by atoms with Gasteiger partial charge in [0.1, 0.15) is 0 Å². The van der Waals surface area contributed by atoms with Crippen LogP contribution in [0.2, 0.25) is 0 Å². The molecule has 0 amide bonds. The number of fused-ring (bicyclic) bond motifs is 11. The third kappa shape index (κ3) is 3.73. The smallest absolute Gasteiger partial charge is 0.0619 e. The van der Waals surface area contributed by atoms with Crippen molar-refractivity contribution in [1.29, 1.82) is 0 Å². The standard InChI is InChI=1S/C50H30N2/c1-2-13-35(14-3-1)51-46-19-7-6-16-39(46)40-24-21-34(29-48(40)51)33-22-27-47-45(28-33)43-25-20-31-10-4-5-15-37(31)50(43)52(47)36-23-26-38-41-17-8-11-32-12-9-18-42(49(32)41)44(38)30-36/h1-30H. The van der Waals surface area contributed by atoms with E-state index in [0.717, 1.165) is 0 Å². The van der Waals surface area contributed by atoms with Gasteiger partial charge >= 0.3 is 0 Å². The van der Waals surface area contributed by atoms with Gasteiger partial charge in [-0.25, -0.2) is 0 Å². The first-order valence-corrected chi connectivity index (χ1v) is 18.0. The Morgan fingerprint density at radius 3 is 1.85 bits per heavy atom. The van der Waals surface area contributed by atoms with Crippen LogP contribution in [0.15, 0.2) is 182 Å². The van der Waals surface area contributed by atoms with Crippen molar-refractivity contribution in [1.82, 2.24) is 9.13 Å². The van der Waals surface area contributed by atoms with E-state index < -0.39 is 0 Å². The Balaban J connectivity index is 1.10. The lowest BCUT2D eigenvalue weighted by molar-refractivity contribution is 1.18. The number of nitrogens with zero attached hydrogens (tertiary/aromatic N) is 2. The monoisotopic (exact) mass is 658 g/mol. The summed E-state index contributed by atoms with van der Waals surface area (Å²) < 4.78 is 4.90. The molecule has 12 rings (SSSR count). The van der Waals surface area contributed by atoms with Crippen molar-refractivity contribution in [3.63, 3.8) is 0 Å². The Labute approximate surface area is 300 Å². The molecule has 11 aromatic rings. The Kier molecular flexibility index (Phi) is 5.53. The molecule has 240 valence electrons. The van der Waals surface area contributed by atoms with Gasteiger partial charge in [0.2, 0.25) is 0 Å². The zero-order valence-electron chi connectivity index (χ0n) is 28.2. The molecule has 0 atom stereocenters. The summed E-state index contributed by atoms with van der Waals surface area (Å²) >= 11 is 0. The van der Waals surface area contributed by atoms with E-state index in [1.807, 2.05) is 0 Å². The molecule has 1 aliphatic rings. The van der Waals surface area contributed by atoms with Crippen molar-refractivity contribution in [3.05, 3.63) is 182 Å². The molecule has 1 aliphatic carbocycles. The highest BCUT2D eigenvalue weighted by Gasteiger charge is 2.23. The van der Waals surface area contributed by atoms with Crippen LogP contribution in [0.1, 0.15) is 0 Å². The molecule has 0 saturated carbocycles. The summed E-state index contributed by atoms with van der Waals surface area (Å²) in [4.78, 5) is 0. The molecule has 0 spiro atoms. The molecule has 0 fully saturated rings. The molecule has 9 aromatic carbocycles. The van der Waals surface area contributed by atoms with E-state index in [4.69, 9.17) is 0 Å². The van der Waals surface area contributed by atoms with Crippen molar-refractivity contribution in [2.45, 2.75) is 0 Å². The van der Waals surface area contributed by atoms with Crippen molar-refractivity contribution in [3.8, 4) is 44.8 Å². The fourth-order valence-electron chi connectivity index (χ4n) is 9.15. The molecule has 52 heavy (non-hydrogen) atoms. The van der Waals surface area contributed by atoms with E-state index in [1.54, 1.807) is 0 Å². The van der Waals surface area contributed by atoms with E-state index in [0.29, 0.717) is 0 Å². The summed E-state index contributed by atoms with van der Waals surface area (Å²) in [6.45, 7) is 0. The van der Waals surface area contributed by atoms with Gasteiger partial charge < -0.3 is 9.13 Å². The first kappa shape index (κ1) is 27.9. The number of hydrogen-bond acceptors (Lipinski definition) is 0. The molecule has 0 aliphatic heterocycles. The van der Waals surface area contributed by atoms with E-state index in [9.17, 15) is 0 Å². The normalized spacial score (nSPS) is 12.2. The molecule has 0 saturated heterocycles. The number of para-hydroxylation sites is 2. The fourth-order valence-corrected chi connectivity index (χ4v) is 9.15. The Morgan fingerprint density at radius 1 is 0.288 bits per heavy atom. The van der Waals surface area contributed by atoms with Gasteiger partial charge in [-0.05, 0) is 98.1 Å². The molecule has 2 heteroatoms. The van der Waals surface area contributed by atoms with Crippen LogP contribution in [0, 0.1) is 0 Å². The predicted molar refractivity (Wildman–Crippen MR) is 220 cm³/mol. The molecular weight excluding hydrogens is 629 g/mol. The highest BCUT2D eigenvalue weighted by atomic mass is 15.0. The second-order valence-corrected chi connectivity index (χ2v) is 14.1. The van der Waals surface area contributed by atoms with E-state index in [1.165, 1.54) is 110 Å². The van der Waals surface area contributed by atoms with E-state index in [2.05, 4.69) is 191 Å². The Morgan fingerprint density at radius 2 is 0.962 bits per heavy atom. The highest BCUT2D eigenvalue weighted by molar-refractivity contribution is 6.20. The SMILES string of the molecule is c1ccc(-n2c3ccccc3c3ccc(-c4ccc5c(c4)c4ccc6ccccc6c4n5-c4ccc5c(c4)-c4cccc6cccc-5c46)cc32)cc1. The van der Waals surface area contributed by atoms with Gasteiger partial charge in [-0.2, -0.15) is 0 Å². The van der Waals surface area contributed by atoms with Gasteiger partial charge in [-0.1, -0.05) is 133 Å². The van der Waals surface area contributed by atoms with Crippen molar-refractivity contribution in [2.24, 2.45) is 0 Å². The summed E-state index contributed by atoms with van der Waals surface area (Å²) in [6, 6.07) is 67.3. The van der Waals surface area contributed by atoms with E-state index in [-0.39, 0.29) is 0 Å². The molecular formula is C50H30N2. The van der Waals surface area contributed by atoms with Crippen molar-refractivity contribution >= 4 is 65.2 Å². The number of rotatable bonds is 3. The summed E-state index contributed by atoms with van der Waals surface area (Å²) in [5.74, 6) is 0. The maximum atomic E-state index is 2.50. The van der Waals surface area contributed by atoms with Gasteiger partial charge in [0.05, 0.1) is 22.1 Å². The van der Waals surface area contributed by atoms with Crippen LogP contribution in [-0.2, 0) is 0 Å². The van der Waals surface area contributed by atoms with Gasteiger partial charge in [0.15, 0.2) is 0 Å². The number of hydrogen-bond donors (Lipinski definition) is 0. The maximum absolute atomic E-state index is 2.50. The molecule has 2 aromatic heterocycles. The molecule has 2 nitrogen and oxygen atoms in total. The predicted octanol–water partition coefficient (Wildman–Crippen LogP) is 13.5. The average Bonchev–Trinajstić information content (AvgIpc) is 3.84.